The first kappa shape index (κ1) is 11.0. The first-order valence-electron chi connectivity index (χ1n) is 5.82. The van der Waals surface area contributed by atoms with Crippen molar-refractivity contribution in [2.75, 3.05) is 7.11 Å². The molecule has 2 aliphatic rings. The van der Waals surface area contributed by atoms with Crippen LogP contribution in [-0.2, 0) is 9.47 Å². The summed E-state index contributed by atoms with van der Waals surface area (Å²) in [4.78, 5) is 0. The normalized spacial score (nSPS) is 34.1. The van der Waals surface area contributed by atoms with E-state index in [1.165, 1.54) is 19.3 Å². The molecule has 1 aliphatic heterocycles. The molecule has 1 heterocycles. The molecule has 0 amide bonds. The molecule has 15 heavy (non-hydrogen) atoms. The quantitative estimate of drug-likeness (QED) is 0.706. The minimum Gasteiger partial charge on any atom is -0.333 e. The van der Waals surface area contributed by atoms with Crippen LogP contribution in [0.3, 0.4) is 0 Å². The van der Waals surface area contributed by atoms with Gasteiger partial charge in [-0.3, -0.25) is 4.74 Å². The van der Waals surface area contributed by atoms with Crippen molar-refractivity contribution in [2.45, 2.75) is 57.6 Å². The molecule has 1 spiro atoms. The van der Waals surface area contributed by atoms with Crippen LogP contribution in [-0.4, -0.2) is 18.7 Å². The van der Waals surface area contributed by atoms with Gasteiger partial charge in [0.1, 0.15) is 0 Å². The van der Waals surface area contributed by atoms with Crippen LogP contribution in [0.1, 0.15) is 46.0 Å². The van der Waals surface area contributed by atoms with Crippen LogP contribution >= 0.6 is 0 Å². The molecule has 2 rings (SSSR count). The molecule has 0 N–H and O–H groups in total. The minimum atomic E-state index is -0.836. The highest BCUT2D eigenvalue weighted by Crippen LogP contribution is 2.44. The van der Waals surface area contributed by atoms with Crippen molar-refractivity contribution in [2.24, 2.45) is 16.1 Å². The lowest BCUT2D eigenvalue weighted by Gasteiger charge is -2.34. The van der Waals surface area contributed by atoms with Crippen molar-refractivity contribution in [3.05, 3.63) is 0 Å². The highest BCUT2D eigenvalue weighted by atomic mass is 16.7. The van der Waals surface area contributed by atoms with Gasteiger partial charge in [-0.1, -0.05) is 20.3 Å². The molecule has 1 fully saturated rings. The average Bonchev–Trinajstić information content (AvgIpc) is 2.60. The van der Waals surface area contributed by atoms with E-state index in [4.69, 9.17) is 9.47 Å². The summed E-state index contributed by atoms with van der Waals surface area (Å²) >= 11 is 0. The van der Waals surface area contributed by atoms with Gasteiger partial charge in [-0.05, 0) is 25.7 Å². The van der Waals surface area contributed by atoms with Crippen LogP contribution in [0.4, 0.5) is 0 Å². The summed E-state index contributed by atoms with van der Waals surface area (Å²) in [5, 5.41) is 8.59. The van der Waals surface area contributed by atoms with Gasteiger partial charge in [0.05, 0.1) is 0 Å². The molecule has 0 saturated heterocycles. The highest BCUT2D eigenvalue weighted by Gasteiger charge is 2.50. The monoisotopic (exact) mass is 212 g/mol. The average molecular weight is 212 g/mol. The van der Waals surface area contributed by atoms with E-state index in [-0.39, 0.29) is 11.6 Å². The second kappa shape index (κ2) is 3.83. The number of hydrogen-bond acceptors (Lipinski definition) is 4. The van der Waals surface area contributed by atoms with E-state index >= 15 is 0 Å². The largest absolute Gasteiger partial charge is 0.333 e. The zero-order valence-corrected chi connectivity index (χ0v) is 9.82. The Bertz CT molecular complexity index is 259. The maximum Gasteiger partial charge on any atom is 0.292 e. The van der Waals surface area contributed by atoms with Gasteiger partial charge in [-0.2, -0.15) is 5.11 Å². The number of rotatable bonds is 2. The van der Waals surface area contributed by atoms with Crippen molar-refractivity contribution in [1.82, 2.24) is 0 Å². The zero-order chi connectivity index (χ0) is 10.9. The standard InChI is InChI=1S/C11H20N2O2/c1-9(2)11(14-3)13-12-10(15-11)7-5-4-6-8-10/h9H,4-8H2,1-3H3. The van der Waals surface area contributed by atoms with E-state index in [0.29, 0.717) is 0 Å². The van der Waals surface area contributed by atoms with E-state index in [0.717, 1.165) is 12.8 Å². The topological polar surface area (TPSA) is 43.2 Å². The summed E-state index contributed by atoms with van der Waals surface area (Å²) in [5.41, 5.74) is -0.376. The lowest BCUT2D eigenvalue weighted by molar-refractivity contribution is -0.273. The summed E-state index contributed by atoms with van der Waals surface area (Å²) in [6.07, 6.45) is 5.60. The predicted octanol–water partition coefficient (Wildman–Crippen LogP) is 3.09. The fourth-order valence-electron chi connectivity index (χ4n) is 2.33. The van der Waals surface area contributed by atoms with Gasteiger partial charge in [0.15, 0.2) is 5.72 Å². The second-order valence-corrected chi connectivity index (χ2v) is 4.80. The van der Waals surface area contributed by atoms with Gasteiger partial charge in [0, 0.05) is 13.0 Å². The maximum atomic E-state index is 6.03. The number of methoxy groups -OCH3 is 1. The van der Waals surface area contributed by atoms with Gasteiger partial charge in [0.25, 0.3) is 5.91 Å². The number of hydrogen-bond donors (Lipinski definition) is 0. The second-order valence-electron chi connectivity index (χ2n) is 4.80. The first-order valence-corrected chi connectivity index (χ1v) is 5.82. The molecule has 0 bridgehead atoms. The molecule has 86 valence electrons. The predicted molar refractivity (Wildman–Crippen MR) is 56.3 cm³/mol. The van der Waals surface area contributed by atoms with E-state index in [9.17, 15) is 0 Å². The molecule has 1 atom stereocenters. The van der Waals surface area contributed by atoms with Crippen LogP contribution in [0, 0.1) is 5.92 Å². The third kappa shape index (κ3) is 1.81. The number of nitrogens with zero attached hydrogens (tertiary/aromatic N) is 2. The summed E-state index contributed by atoms with van der Waals surface area (Å²) < 4.78 is 11.4. The van der Waals surface area contributed by atoms with Gasteiger partial charge in [-0.25, -0.2) is 0 Å². The molecule has 1 unspecified atom stereocenters. The van der Waals surface area contributed by atoms with E-state index in [1.54, 1.807) is 7.11 Å². The Balaban J connectivity index is 2.14. The lowest BCUT2D eigenvalue weighted by atomic mass is 9.92. The molecule has 1 saturated carbocycles. The summed E-state index contributed by atoms with van der Waals surface area (Å²) in [6.45, 7) is 4.09. The molecular weight excluding hydrogens is 192 g/mol. The van der Waals surface area contributed by atoms with Gasteiger partial charge >= 0.3 is 0 Å². The Hall–Kier alpha value is -0.480. The van der Waals surface area contributed by atoms with Crippen molar-refractivity contribution in [3.8, 4) is 0 Å². The Morgan fingerprint density at radius 1 is 1.13 bits per heavy atom. The van der Waals surface area contributed by atoms with Gasteiger partial charge < -0.3 is 4.74 Å². The van der Waals surface area contributed by atoms with Crippen molar-refractivity contribution < 1.29 is 9.47 Å². The van der Waals surface area contributed by atoms with Gasteiger partial charge in [0.2, 0.25) is 0 Å². The maximum absolute atomic E-state index is 6.03. The molecule has 0 aromatic carbocycles. The molecule has 4 nitrogen and oxygen atoms in total. The SMILES string of the molecule is COC1(C(C)C)N=NC2(CCCCC2)O1. The Labute approximate surface area is 91.1 Å². The van der Waals surface area contributed by atoms with Crippen LogP contribution in [0.25, 0.3) is 0 Å². The molecule has 0 aromatic rings. The first-order chi connectivity index (χ1) is 7.13. The summed E-state index contributed by atoms with van der Waals surface area (Å²) in [5.74, 6) is -0.648. The Morgan fingerprint density at radius 2 is 1.80 bits per heavy atom. The molecule has 4 heteroatoms. The van der Waals surface area contributed by atoms with Crippen molar-refractivity contribution >= 4 is 0 Å². The van der Waals surface area contributed by atoms with E-state index in [1.807, 2.05) is 13.8 Å². The van der Waals surface area contributed by atoms with Crippen LogP contribution in [0.5, 0.6) is 0 Å². The highest BCUT2D eigenvalue weighted by molar-refractivity contribution is 4.89. The lowest BCUT2D eigenvalue weighted by Crippen LogP contribution is -2.42. The van der Waals surface area contributed by atoms with Crippen LogP contribution < -0.4 is 0 Å². The van der Waals surface area contributed by atoms with E-state index in [2.05, 4.69) is 10.2 Å². The number of azo groups is 1. The van der Waals surface area contributed by atoms with Crippen LogP contribution in [0.15, 0.2) is 10.2 Å². The Kier molecular flexibility index (Phi) is 2.81. The zero-order valence-electron chi connectivity index (χ0n) is 9.82. The fourth-order valence-corrected chi connectivity index (χ4v) is 2.33. The molecule has 1 aliphatic carbocycles. The van der Waals surface area contributed by atoms with E-state index < -0.39 is 5.91 Å². The fraction of sp³-hybridized carbons (Fsp3) is 1.00. The molecule has 0 radical (unpaired) electrons. The summed E-state index contributed by atoms with van der Waals surface area (Å²) in [7, 11) is 1.64. The molecular formula is C11H20N2O2. The molecule has 0 aromatic heterocycles. The number of ether oxygens (including phenoxy) is 2. The smallest absolute Gasteiger partial charge is 0.292 e. The van der Waals surface area contributed by atoms with Crippen LogP contribution in [0.2, 0.25) is 0 Å². The third-order valence-electron chi connectivity index (χ3n) is 3.36. The van der Waals surface area contributed by atoms with Crippen molar-refractivity contribution in [3.63, 3.8) is 0 Å². The minimum absolute atomic E-state index is 0.188. The summed E-state index contributed by atoms with van der Waals surface area (Å²) in [6, 6.07) is 0. The third-order valence-corrected chi connectivity index (χ3v) is 3.36. The van der Waals surface area contributed by atoms with Gasteiger partial charge in [-0.15, -0.1) is 5.11 Å². The Morgan fingerprint density at radius 3 is 2.27 bits per heavy atom. The van der Waals surface area contributed by atoms with Crippen molar-refractivity contribution in [1.29, 1.82) is 0 Å².